The van der Waals surface area contributed by atoms with Gasteiger partial charge in [-0.25, -0.2) is 0 Å². The predicted octanol–water partition coefficient (Wildman–Crippen LogP) is 2.79. The van der Waals surface area contributed by atoms with Crippen LogP contribution in [0.25, 0.3) is 10.1 Å². The van der Waals surface area contributed by atoms with E-state index in [-0.39, 0.29) is 0 Å². The van der Waals surface area contributed by atoms with E-state index in [9.17, 15) is 0 Å². The number of nitrogens with two attached hydrogens (primary N) is 2. The van der Waals surface area contributed by atoms with Gasteiger partial charge in [0.25, 0.3) is 0 Å². The average molecular weight is 210 g/mol. The number of thioether (sulfide) groups is 1. The van der Waals surface area contributed by atoms with Gasteiger partial charge in [0.05, 0.1) is 0 Å². The summed E-state index contributed by atoms with van der Waals surface area (Å²) in [7, 11) is 0. The first-order valence-electron chi connectivity index (χ1n) is 3.82. The Hall–Kier alpha value is -0.870. The van der Waals surface area contributed by atoms with E-state index in [4.69, 9.17) is 11.5 Å². The fourth-order valence-electron chi connectivity index (χ4n) is 1.34. The smallest absolute Gasteiger partial charge is 0.0434 e. The highest BCUT2D eigenvalue weighted by molar-refractivity contribution is 7.99. The van der Waals surface area contributed by atoms with Gasteiger partial charge in [-0.05, 0) is 18.4 Å². The van der Waals surface area contributed by atoms with Crippen LogP contribution in [0, 0.1) is 0 Å². The van der Waals surface area contributed by atoms with E-state index in [0.717, 1.165) is 16.8 Å². The highest BCUT2D eigenvalue weighted by Gasteiger charge is 2.06. The van der Waals surface area contributed by atoms with E-state index in [1.54, 1.807) is 23.1 Å². The minimum Gasteiger partial charge on any atom is -0.399 e. The van der Waals surface area contributed by atoms with Gasteiger partial charge in [0.2, 0.25) is 0 Å². The number of nitrogen functional groups attached to an aromatic ring is 2. The highest BCUT2D eigenvalue weighted by atomic mass is 32.2. The van der Waals surface area contributed by atoms with Gasteiger partial charge in [0, 0.05) is 31.7 Å². The summed E-state index contributed by atoms with van der Waals surface area (Å²) in [5.74, 6) is 0. The second-order valence-electron chi connectivity index (χ2n) is 2.79. The summed E-state index contributed by atoms with van der Waals surface area (Å²) in [6.07, 6.45) is 2.05. The molecular weight excluding hydrogens is 200 g/mol. The quantitative estimate of drug-likeness (QED) is 0.562. The van der Waals surface area contributed by atoms with E-state index in [1.165, 1.54) is 9.60 Å². The van der Waals surface area contributed by atoms with E-state index in [0.29, 0.717) is 0 Å². The molecule has 0 aliphatic rings. The topological polar surface area (TPSA) is 52.0 Å². The molecule has 4 heteroatoms. The number of anilines is 2. The van der Waals surface area contributed by atoms with Gasteiger partial charge >= 0.3 is 0 Å². The van der Waals surface area contributed by atoms with Crippen LogP contribution in [0.3, 0.4) is 0 Å². The van der Waals surface area contributed by atoms with Crippen molar-refractivity contribution in [1.82, 2.24) is 0 Å². The summed E-state index contributed by atoms with van der Waals surface area (Å²) in [5, 5.41) is 3.26. The van der Waals surface area contributed by atoms with Crippen molar-refractivity contribution in [3.8, 4) is 0 Å². The molecule has 0 unspecified atom stereocenters. The van der Waals surface area contributed by atoms with Crippen molar-refractivity contribution < 1.29 is 0 Å². The number of thiophene rings is 1. The summed E-state index contributed by atoms with van der Waals surface area (Å²) >= 11 is 3.40. The molecule has 2 aromatic rings. The summed E-state index contributed by atoms with van der Waals surface area (Å²) in [5.41, 5.74) is 13.1. The number of hydrogen-bond acceptors (Lipinski definition) is 4. The van der Waals surface area contributed by atoms with Crippen LogP contribution in [0.15, 0.2) is 22.4 Å². The zero-order valence-electron chi connectivity index (χ0n) is 7.20. The second kappa shape index (κ2) is 3.12. The van der Waals surface area contributed by atoms with Crippen LogP contribution in [0.5, 0.6) is 0 Å². The molecule has 0 fully saturated rings. The van der Waals surface area contributed by atoms with Gasteiger partial charge in [0.15, 0.2) is 0 Å². The molecule has 2 rings (SSSR count). The maximum Gasteiger partial charge on any atom is 0.0434 e. The van der Waals surface area contributed by atoms with Crippen molar-refractivity contribution in [1.29, 1.82) is 0 Å². The van der Waals surface area contributed by atoms with Gasteiger partial charge in [-0.15, -0.1) is 23.1 Å². The lowest BCUT2D eigenvalue weighted by molar-refractivity contribution is 1.65. The van der Waals surface area contributed by atoms with Crippen LogP contribution >= 0.6 is 23.1 Å². The largest absolute Gasteiger partial charge is 0.399 e. The monoisotopic (exact) mass is 210 g/mol. The molecule has 2 nitrogen and oxygen atoms in total. The number of benzene rings is 1. The molecule has 0 atom stereocenters. The molecule has 0 amide bonds. The zero-order valence-corrected chi connectivity index (χ0v) is 8.84. The Morgan fingerprint density at radius 1 is 1.31 bits per heavy atom. The molecule has 4 N–H and O–H groups in total. The number of fused-ring (bicyclic) bond motifs is 1. The SMILES string of the molecule is CSc1csc2cc(N)cc(N)c12. The number of rotatable bonds is 1. The summed E-state index contributed by atoms with van der Waals surface area (Å²) in [6.45, 7) is 0. The van der Waals surface area contributed by atoms with Crippen molar-refractivity contribution in [2.45, 2.75) is 4.90 Å². The van der Waals surface area contributed by atoms with Gasteiger partial charge < -0.3 is 11.5 Å². The normalized spacial score (nSPS) is 10.8. The van der Waals surface area contributed by atoms with E-state index < -0.39 is 0 Å². The second-order valence-corrected chi connectivity index (χ2v) is 4.55. The summed E-state index contributed by atoms with van der Waals surface area (Å²) in [6, 6.07) is 3.78. The Morgan fingerprint density at radius 3 is 2.77 bits per heavy atom. The van der Waals surface area contributed by atoms with Gasteiger partial charge in [-0.3, -0.25) is 0 Å². The lowest BCUT2D eigenvalue weighted by atomic mass is 10.2. The fourth-order valence-corrected chi connectivity index (χ4v) is 3.27. The maximum absolute atomic E-state index is 5.89. The molecule has 0 bridgehead atoms. The molecule has 68 valence electrons. The van der Waals surface area contributed by atoms with E-state index >= 15 is 0 Å². The Bertz CT molecular complexity index is 448. The fraction of sp³-hybridized carbons (Fsp3) is 0.111. The number of hydrogen-bond donors (Lipinski definition) is 2. The van der Waals surface area contributed by atoms with Crippen molar-refractivity contribution in [2.24, 2.45) is 0 Å². The molecule has 0 radical (unpaired) electrons. The Labute approximate surface area is 84.9 Å². The van der Waals surface area contributed by atoms with Crippen LogP contribution < -0.4 is 11.5 Å². The lowest BCUT2D eigenvalue weighted by Gasteiger charge is -2.00. The minimum atomic E-state index is 0.736. The maximum atomic E-state index is 5.89. The third-order valence-electron chi connectivity index (χ3n) is 1.91. The molecule has 0 spiro atoms. The van der Waals surface area contributed by atoms with Gasteiger partial charge in [-0.2, -0.15) is 0 Å². The van der Waals surface area contributed by atoms with Crippen molar-refractivity contribution in [2.75, 3.05) is 17.7 Å². The van der Waals surface area contributed by atoms with Gasteiger partial charge in [0.1, 0.15) is 0 Å². The molecule has 1 aromatic carbocycles. The Kier molecular flexibility index (Phi) is 2.09. The lowest BCUT2D eigenvalue weighted by Crippen LogP contribution is -1.90. The first-order chi connectivity index (χ1) is 6.22. The van der Waals surface area contributed by atoms with Gasteiger partial charge in [-0.1, -0.05) is 0 Å². The first-order valence-corrected chi connectivity index (χ1v) is 5.93. The highest BCUT2D eigenvalue weighted by Crippen LogP contribution is 2.37. The average Bonchev–Trinajstić information content (AvgIpc) is 2.47. The molecule has 0 saturated heterocycles. The third kappa shape index (κ3) is 1.36. The molecule has 0 aliphatic heterocycles. The minimum absolute atomic E-state index is 0.736. The summed E-state index contributed by atoms with van der Waals surface area (Å²) in [4.78, 5) is 1.23. The zero-order chi connectivity index (χ0) is 9.42. The molecule has 1 aromatic heterocycles. The molecular formula is C9H10N2S2. The molecule has 0 aliphatic carbocycles. The van der Waals surface area contributed by atoms with Crippen LogP contribution in [0.2, 0.25) is 0 Å². The van der Waals surface area contributed by atoms with Crippen LogP contribution in [0.1, 0.15) is 0 Å². The first kappa shape index (κ1) is 8.72. The van der Waals surface area contributed by atoms with Crippen molar-refractivity contribution in [3.05, 3.63) is 17.5 Å². The standard InChI is InChI=1S/C9H10N2S2/c1-12-8-4-13-7-3-5(10)2-6(11)9(7)8/h2-4H,10-11H2,1H3. The third-order valence-corrected chi connectivity index (χ3v) is 3.75. The molecule has 0 saturated carbocycles. The van der Waals surface area contributed by atoms with Crippen LogP contribution in [-0.2, 0) is 0 Å². The molecule has 1 heterocycles. The summed E-state index contributed by atoms with van der Waals surface area (Å²) < 4.78 is 1.17. The predicted molar refractivity (Wildman–Crippen MR) is 62.4 cm³/mol. The van der Waals surface area contributed by atoms with Crippen LogP contribution in [-0.4, -0.2) is 6.26 Å². The van der Waals surface area contributed by atoms with Crippen LogP contribution in [0.4, 0.5) is 11.4 Å². The Morgan fingerprint density at radius 2 is 2.08 bits per heavy atom. The Balaban J connectivity index is 2.82. The van der Waals surface area contributed by atoms with E-state index in [2.05, 4.69) is 11.6 Å². The van der Waals surface area contributed by atoms with Crippen molar-refractivity contribution in [3.63, 3.8) is 0 Å². The molecule has 13 heavy (non-hydrogen) atoms. The van der Waals surface area contributed by atoms with Crippen molar-refractivity contribution >= 4 is 44.6 Å². The van der Waals surface area contributed by atoms with E-state index in [1.807, 2.05) is 12.1 Å².